The second-order valence-corrected chi connectivity index (χ2v) is 3.60. The highest BCUT2D eigenvalue weighted by Crippen LogP contribution is 2.34. The van der Waals surface area contributed by atoms with Gasteiger partial charge in [-0.15, -0.1) is 0 Å². The minimum Gasteiger partial charge on any atom is -0.290 e. The molecule has 1 atom stereocenters. The second-order valence-electron chi connectivity index (χ2n) is 2.34. The third-order valence-corrected chi connectivity index (χ3v) is 1.90. The number of carbonyl (C=O) groups is 1. The van der Waals surface area contributed by atoms with Gasteiger partial charge in [0.05, 0.1) is 0 Å². The number of halogens is 2. The standard InChI is InChI=1S/C6H8Cl2O3/c1-2-3-4-5(9)6(7,8)11-10-4/h4H,2-3H2,1H3. The molecule has 0 N–H and O–H groups in total. The first kappa shape index (κ1) is 9.26. The zero-order chi connectivity index (χ0) is 8.48. The van der Waals surface area contributed by atoms with E-state index in [0.29, 0.717) is 6.42 Å². The van der Waals surface area contributed by atoms with Crippen molar-refractivity contribution in [2.75, 3.05) is 0 Å². The van der Waals surface area contributed by atoms with Crippen LogP contribution in [0.5, 0.6) is 0 Å². The molecule has 1 heterocycles. The molecule has 1 saturated heterocycles. The maximum Gasteiger partial charge on any atom is 0.311 e. The topological polar surface area (TPSA) is 35.5 Å². The van der Waals surface area contributed by atoms with Crippen molar-refractivity contribution in [3.8, 4) is 0 Å². The molecule has 0 aromatic rings. The molecule has 3 nitrogen and oxygen atoms in total. The summed E-state index contributed by atoms with van der Waals surface area (Å²) in [5, 5.41) is 0. The van der Waals surface area contributed by atoms with Crippen molar-refractivity contribution in [3.05, 3.63) is 0 Å². The highest BCUT2D eigenvalue weighted by atomic mass is 35.5. The number of hydrogen-bond acceptors (Lipinski definition) is 3. The number of rotatable bonds is 2. The Kier molecular flexibility index (Phi) is 2.75. The summed E-state index contributed by atoms with van der Waals surface area (Å²) in [7, 11) is 0. The molecule has 0 aromatic carbocycles. The maximum atomic E-state index is 11.1. The fourth-order valence-electron chi connectivity index (χ4n) is 0.832. The summed E-state index contributed by atoms with van der Waals surface area (Å²) in [6.45, 7) is 1.93. The van der Waals surface area contributed by atoms with E-state index in [1.807, 2.05) is 6.92 Å². The van der Waals surface area contributed by atoms with E-state index in [1.54, 1.807) is 0 Å². The van der Waals surface area contributed by atoms with E-state index in [-0.39, 0.29) is 0 Å². The maximum absolute atomic E-state index is 11.1. The molecule has 0 spiro atoms. The molecule has 0 radical (unpaired) electrons. The Morgan fingerprint density at radius 2 is 2.27 bits per heavy atom. The van der Waals surface area contributed by atoms with Crippen molar-refractivity contribution < 1.29 is 14.6 Å². The predicted octanol–water partition coefficient (Wildman–Crippen LogP) is 1.82. The average Bonchev–Trinajstić information content (AvgIpc) is 2.17. The molecule has 0 aromatic heterocycles. The minimum atomic E-state index is -1.79. The minimum absolute atomic E-state index is 0.414. The zero-order valence-electron chi connectivity index (χ0n) is 5.97. The van der Waals surface area contributed by atoms with Crippen LogP contribution in [0.2, 0.25) is 0 Å². The Morgan fingerprint density at radius 1 is 1.64 bits per heavy atom. The monoisotopic (exact) mass is 198 g/mol. The van der Waals surface area contributed by atoms with Crippen molar-refractivity contribution in [2.24, 2.45) is 0 Å². The highest BCUT2D eigenvalue weighted by molar-refractivity contribution is 6.57. The van der Waals surface area contributed by atoms with Gasteiger partial charge in [0, 0.05) is 0 Å². The number of Topliss-reactive ketones (excluding diaryl/α,β-unsaturated/α-hetero) is 1. The van der Waals surface area contributed by atoms with Crippen LogP contribution >= 0.6 is 23.2 Å². The molecule has 0 aliphatic carbocycles. The van der Waals surface area contributed by atoms with Crippen LogP contribution in [-0.2, 0) is 14.6 Å². The van der Waals surface area contributed by atoms with Crippen LogP contribution in [0.1, 0.15) is 19.8 Å². The number of alkyl halides is 2. The van der Waals surface area contributed by atoms with E-state index in [1.165, 1.54) is 0 Å². The highest BCUT2D eigenvalue weighted by Gasteiger charge is 2.48. The van der Waals surface area contributed by atoms with Crippen molar-refractivity contribution in [3.63, 3.8) is 0 Å². The lowest BCUT2D eigenvalue weighted by atomic mass is 10.1. The van der Waals surface area contributed by atoms with Crippen LogP contribution in [0.15, 0.2) is 0 Å². The molecule has 0 bridgehead atoms. The quantitative estimate of drug-likeness (QED) is 0.502. The summed E-state index contributed by atoms with van der Waals surface area (Å²) in [5.41, 5.74) is 0. The van der Waals surface area contributed by atoms with Gasteiger partial charge in [0.1, 0.15) is 0 Å². The average molecular weight is 199 g/mol. The molecule has 1 unspecified atom stereocenters. The first-order valence-corrected chi connectivity index (χ1v) is 4.10. The van der Waals surface area contributed by atoms with Gasteiger partial charge in [-0.1, -0.05) is 36.5 Å². The smallest absolute Gasteiger partial charge is 0.290 e. The van der Waals surface area contributed by atoms with Gasteiger partial charge in [0.2, 0.25) is 5.78 Å². The second kappa shape index (κ2) is 3.27. The number of carbonyl (C=O) groups excluding carboxylic acids is 1. The summed E-state index contributed by atoms with van der Waals surface area (Å²) in [5.74, 6) is -0.414. The summed E-state index contributed by atoms with van der Waals surface area (Å²) in [6.07, 6.45) is 0.805. The SMILES string of the molecule is CCCC1OOC(Cl)(Cl)C1=O. The molecule has 1 fully saturated rings. The normalized spacial score (nSPS) is 29.4. The van der Waals surface area contributed by atoms with Crippen molar-refractivity contribution >= 4 is 29.0 Å². The van der Waals surface area contributed by atoms with Crippen molar-refractivity contribution in [1.82, 2.24) is 0 Å². The van der Waals surface area contributed by atoms with Crippen LogP contribution in [0, 0.1) is 0 Å². The van der Waals surface area contributed by atoms with E-state index in [4.69, 9.17) is 23.2 Å². The predicted molar refractivity (Wildman–Crippen MR) is 40.3 cm³/mol. The number of ketones is 1. The first-order chi connectivity index (χ1) is 5.08. The van der Waals surface area contributed by atoms with Gasteiger partial charge in [-0.2, -0.15) is 4.89 Å². The van der Waals surface area contributed by atoms with E-state index < -0.39 is 16.4 Å². The molecule has 5 heteroatoms. The van der Waals surface area contributed by atoms with Crippen LogP contribution in [0.25, 0.3) is 0 Å². The molecule has 1 aliphatic rings. The lowest BCUT2D eigenvalue weighted by Gasteiger charge is -2.03. The Balaban J connectivity index is 2.56. The van der Waals surface area contributed by atoms with Gasteiger partial charge in [-0.05, 0) is 6.42 Å². The van der Waals surface area contributed by atoms with E-state index >= 15 is 0 Å². The summed E-state index contributed by atoms with van der Waals surface area (Å²) >= 11 is 10.8. The van der Waals surface area contributed by atoms with Crippen LogP contribution < -0.4 is 0 Å². The van der Waals surface area contributed by atoms with Crippen molar-refractivity contribution in [2.45, 2.75) is 30.4 Å². The molecule has 1 aliphatic heterocycles. The van der Waals surface area contributed by atoms with Gasteiger partial charge in [0.25, 0.3) is 0 Å². The fourth-order valence-corrected chi connectivity index (χ4v) is 1.15. The Hall–Kier alpha value is 0.170. The molecule has 64 valence electrons. The fraction of sp³-hybridized carbons (Fsp3) is 0.833. The largest absolute Gasteiger partial charge is 0.311 e. The molecule has 1 rings (SSSR count). The molecular weight excluding hydrogens is 191 g/mol. The number of hydrogen-bond donors (Lipinski definition) is 0. The lowest BCUT2D eigenvalue weighted by Crippen LogP contribution is -2.27. The Morgan fingerprint density at radius 3 is 2.64 bits per heavy atom. The van der Waals surface area contributed by atoms with Gasteiger partial charge in [-0.3, -0.25) is 4.79 Å². The van der Waals surface area contributed by atoms with Crippen LogP contribution in [-0.4, -0.2) is 16.4 Å². The first-order valence-electron chi connectivity index (χ1n) is 3.34. The van der Waals surface area contributed by atoms with Crippen LogP contribution in [0.4, 0.5) is 0 Å². The molecule has 0 amide bonds. The summed E-state index contributed by atoms with van der Waals surface area (Å²) in [4.78, 5) is 20.1. The van der Waals surface area contributed by atoms with Gasteiger partial charge < -0.3 is 0 Å². The molecule has 11 heavy (non-hydrogen) atoms. The van der Waals surface area contributed by atoms with E-state index in [0.717, 1.165) is 6.42 Å². The van der Waals surface area contributed by atoms with Crippen molar-refractivity contribution in [1.29, 1.82) is 0 Å². The zero-order valence-corrected chi connectivity index (χ0v) is 7.48. The van der Waals surface area contributed by atoms with E-state index in [2.05, 4.69) is 9.78 Å². The summed E-state index contributed by atoms with van der Waals surface area (Å²) in [6, 6.07) is 0. The van der Waals surface area contributed by atoms with Gasteiger partial charge >= 0.3 is 4.52 Å². The van der Waals surface area contributed by atoms with Crippen LogP contribution in [0.3, 0.4) is 0 Å². The third kappa shape index (κ3) is 1.85. The Bertz CT molecular complexity index is 169. The van der Waals surface area contributed by atoms with Gasteiger partial charge in [0.15, 0.2) is 6.10 Å². The Labute approximate surface area is 74.5 Å². The lowest BCUT2D eigenvalue weighted by molar-refractivity contribution is -0.292. The molecule has 0 saturated carbocycles. The third-order valence-electron chi connectivity index (χ3n) is 1.40. The van der Waals surface area contributed by atoms with E-state index in [9.17, 15) is 4.79 Å². The summed E-state index contributed by atoms with van der Waals surface area (Å²) < 4.78 is -1.79. The van der Waals surface area contributed by atoms with Gasteiger partial charge in [-0.25, -0.2) is 4.89 Å². The molecular formula is C6H8Cl2O3.